The Morgan fingerprint density at radius 2 is 2.18 bits per heavy atom. The highest BCUT2D eigenvalue weighted by atomic mass is 19.1. The molecule has 0 aliphatic rings. The van der Waals surface area contributed by atoms with Crippen LogP contribution < -0.4 is 5.73 Å². The molecule has 2 rings (SSSR count). The van der Waals surface area contributed by atoms with Gasteiger partial charge in [-0.05, 0) is 18.6 Å². The maximum atomic E-state index is 13.7. The minimum atomic E-state index is -0.627. The first kappa shape index (κ1) is 11.3. The van der Waals surface area contributed by atoms with Crippen LogP contribution in [0.2, 0.25) is 0 Å². The summed E-state index contributed by atoms with van der Waals surface area (Å²) in [6.07, 6.45) is 1.30. The molecule has 88 valence electrons. The largest absolute Gasteiger partial charge is 0.465 e. The summed E-state index contributed by atoms with van der Waals surface area (Å²) in [5.41, 5.74) is 7.17. The van der Waals surface area contributed by atoms with Gasteiger partial charge in [-0.15, -0.1) is 0 Å². The summed E-state index contributed by atoms with van der Waals surface area (Å²) in [5, 5.41) is 0.160. The number of rotatable bonds is 1. The fraction of sp³-hybridized carbons (Fsp3) is 0.167. The Bertz CT molecular complexity index is 611. The standard InChI is InChI=1S/C12H11FN2O2/c1-6-3-4-8(13)9-10(14)7(12(16)17-2)5-15-11(6)9/h3-5H,1-2H3,(H2,14,15). The number of nitrogens with two attached hydrogens (primary N) is 1. The number of methoxy groups -OCH3 is 1. The van der Waals surface area contributed by atoms with Crippen LogP contribution in [0, 0.1) is 12.7 Å². The first-order valence-electron chi connectivity index (χ1n) is 4.98. The predicted molar refractivity (Wildman–Crippen MR) is 62.2 cm³/mol. The molecule has 4 nitrogen and oxygen atoms in total. The molecule has 0 spiro atoms. The van der Waals surface area contributed by atoms with Crippen molar-refractivity contribution in [3.05, 3.63) is 35.3 Å². The van der Waals surface area contributed by atoms with E-state index in [0.717, 1.165) is 5.56 Å². The molecule has 0 bridgehead atoms. The van der Waals surface area contributed by atoms with E-state index in [-0.39, 0.29) is 16.6 Å². The normalized spacial score (nSPS) is 10.5. The SMILES string of the molecule is COC(=O)c1cnc2c(C)ccc(F)c2c1N. The van der Waals surface area contributed by atoms with Gasteiger partial charge in [0.2, 0.25) is 0 Å². The molecule has 1 aromatic carbocycles. The number of carbonyl (C=O) groups is 1. The average Bonchev–Trinajstić information content (AvgIpc) is 2.33. The van der Waals surface area contributed by atoms with E-state index in [4.69, 9.17) is 5.73 Å². The van der Waals surface area contributed by atoms with Crippen molar-refractivity contribution in [3.8, 4) is 0 Å². The molecule has 0 saturated carbocycles. The van der Waals surface area contributed by atoms with Crippen molar-refractivity contribution in [2.45, 2.75) is 6.92 Å². The third-order valence-corrected chi connectivity index (χ3v) is 2.62. The van der Waals surface area contributed by atoms with Crippen LogP contribution in [-0.4, -0.2) is 18.1 Å². The number of hydrogen-bond donors (Lipinski definition) is 1. The number of ether oxygens (including phenoxy) is 1. The first-order valence-corrected chi connectivity index (χ1v) is 4.98. The zero-order valence-electron chi connectivity index (χ0n) is 9.45. The number of aromatic nitrogens is 1. The molecule has 0 unspecified atom stereocenters. The summed E-state index contributed by atoms with van der Waals surface area (Å²) in [7, 11) is 1.23. The van der Waals surface area contributed by atoms with Crippen molar-refractivity contribution >= 4 is 22.6 Å². The molecule has 17 heavy (non-hydrogen) atoms. The Labute approximate surface area is 97.2 Å². The lowest BCUT2D eigenvalue weighted by Gasteiger charge is -2.09. The van der Waals surface area contributed by atoms with Crippen LogP contribution >= 0.6 is 0 Å². The first-order chi connectivity index (χ1) is 8.06. The molecule has 0 amide bonds. The van der Waals surface area contributed by atoms with Crippen LogP contribution in [0.5, 0.6) is 0 Å². The third kappa shape index (κ3) is 1.69. The fourth-order valence-corrected chi connectivity index (χ4v) is 1.70. The van der Waals surface area contributed by atoms with Crippen molar-refractivity contribution in [3.63, 3.8) is 0 Å². The van der Waals surface area contributed by atoms with E-state index in [1.165, 1.54) is 19.4 Å². The molecule has 1 heterocycles. The second kappa shape index (κ2) is 4.01. The topological polar surface area (TPSA) is 65.2 Å². The van der Waals surface area contributed by atoms with Crippen LogP contribution in [0.4, 0.5) is 10.1 Å². The number of anilines is 1. The molecule has 0 aliphatic heterocycles. The van der Waals surface area contributed by atoms with Crippen LogP contribution in [0.1, 0.15) is 15.9 Å². The fourth-order valence-electron chi connectivity index (χ4n) is 1.70. The Balaban J connectivity index is 2.84. The number of nitrogens with zero attached hydrogens (tertiary/aromatic N) is 1. The number of halogens is 1. The molecule has 0 aliphatic carbocycles. The van der Waals surface area contributed by atoms with E-state index in [1.807, 2.05) is 0 Å². The summed E-state index contributed by atoms with van der Waals surface area (Å²) < 4.78 is 18.3. The Morgan fingerprint density at radius 1 is 1.47 bits per heavy atom. The quantitative estimate of drug-likeness (QED) is 0.767. The average molecular weight is 234 g/mol. The van der Waals surface area contributed by atoms with E-state index in [9.17, 15) is 9.18 Å². The molecule has 0 saturated heterocycles. The molecule has 2 N–H and O–H groups in total. The van der Waals surface area contributed by atoms with Gasteiger partial charge < -0.3 is 10.5 Å². The second-order valence-corrected chi connectivity index (χ2v) is 3.67. The van der Waals surface area contributed by atoms with Crippen molar-refractivity contribution in [2.24, 2.45) is 0 Å². The van der Waals surface area contributed by atoms with Crippen LogP contribution in [0.25, 0.3) is 10.9 Å². The van der Waals surface area contributed by atoms with Gasteiger partial charge in [0.1, 0.15) is 11.4 Å². The highest BCUT2D eigenvalue weighted by Gasteiger charge is 2.16. The zero-order valence-corrected chi connectivity index (χ0v) is 9.45. The number of benzene rings is 1. The van der Waals surface area contributed by atoms with Crippen molar-refractivity contribution in [2.75, 3.05) is 12.8 Å². The van der Waals surface area contributed by atoms with Gasteiger partial charge >= 0.3 is 5.97 Å². The number of aryl methyl sites for hydroxylation is 1. The Morgan fingerprint density at radius 3 is 2.82 bits per heavy atom. The van der Waals surface area contributed by atoms with Gasteiger partial charge in [0.15, 0.2) is 0 Å². The van der Waals surface area contributed by atoms with E-state index in [0.29, 0.717) is 5.52 Å². The second-order valence-electron chi connectivity index (χ2n) is 3.67. The Kier molecular flexibility index (Phi) is 2.67. The molecule has 1 aromatic heterocycles. The molecular formula is C12H11FN2O2. The zero-order chi connectivity index (χ0) is 12.6. The van der Waals surface area contributed by atoms with E-state index >= 15 is 0 Å². The summed E-state index contributed by atoms with van der Waals surface area (Å²) in [6.45, 7) is 1.80. The summed E-state index contributed by atoms with van der Waals surface area (Å²) in [6, 6.07) is 2.92. The molecular weight excluding hydrogens is 223 g/mol. The number of nitrogen functional groups attached to an aromatic ring is 1. The number of esters is 1. The van der Waals surface area contributed by atoms with Crippen LogP contribution in [-0.2, 0) is 4.74 Å². The van der Waals surface area contributed by atoms with Crippen LogP contribution in [0.15, 0.2) is 18.3 Å². The third-order valence-electron chi connectivity index (χ3n) is 2.62. The Hall–Kier alpha value is -2.17. The van der Waals surface area contributed by atoms with Gasteiger partial charge in [-0.25, -0.2) is 9.18 Å². The highest BCUT2D eigenvalue weighted by Crippen LogP contribution is 2.28. The predicted octanol–water partition coefficient (Wildman–Crippen LogP) is 2.05. The molecule has 0 radical (unpaired) electrons. The minimum Gasteiger partial charge on any atom is -0.465 e. The van der Waals surface area contributed by atoms with Crippen LogP contribution in [0.3, 0.4) is 0 Å². The summed E-state index contributed by atoms with van der Waals surface area (Å²) in [5.74, 6) is -1.13. The minimum absolute atomic E-state index is 0.0584. The van der Waals surface area contributed by atoms with Gasteiger partial charge in [-0.2, -0.15) is 0 Å². The van der Waals surface area contributed by atoms with E-state index in [1.54, 1.807) is 13.0 Å². The molecule has 5 heteroatoms. The summed E-state index contributed by atoms with van der Waals surface area (Å²) in [4.78, 5) is 15.5. The summed E-state index contributed by atoms with van der Waals surface area (Å²) >= 11 is 0. The lowest BCUT2D eigenvalue weighted by molar-refractivity contribution is 0.0601. The van der Waals surface area contributed by atoms with E-state index in [2.05, 4.69) is 9.72 Å². The smallest absolute Gasteiger partial charge is 0.341 e. The van der Waals surface area contributed by atoms with Crippen molar-refractivity contribution in [1.29, 1.82) is 0 Å². The maximum Gasteiger partial charge on any atom is 0.341 e. The lowest BCUT2D eigenvalue weighted by Crippen LogP contribution is -2.08. The maximum absolute atomic E-state index is 13.7. The van der Waals surface area contributed by atoms with Crippen molar-refractivity contribution < 1.29 is 13.9 Å². The van der Waals surface area contributed by atoms with Gasteiger partial charge in [0.25, 0.3) is 0 Å². The van der Waals surface area contributed by atoms with Crippen molar-refractivity contribution in [1.82, 2.24) is 4.98 Å². The molecule has 0 atom stereocenters. The molecule has 2 aromatic rings. The monoisotopic (exact) mass is 234 g/mol. The number of fused-ring (bicyclic) bond motifs is 1. The number of pyridine rings is 1. The van der Waals surface area contributed by atoms with Gasteiger partial charge in [-0.3, -0.25) is 4.98 Å². The van der Waals surface area contributed by atoms with E-state index < -0.39 is 11.8 Å². The number of carbonyl (C=O) groups excluding carboxylic acids is 1. The highest BCUT2D eigenvalue weighted by molar-refractivity contribution is 6.04. The lowest BCUT2D eigenvalue weighted by atomic mass is 10.1. The van der Waals surface area contributed by atoms with Gasteiger partial charge in [0.05, 0.1) is 23.7 Å². The van der Waals surface area contributed by atoms with Gasteiger partial charge in [0, 0.05) is 6.20 Å². The number of hydrogen-bond acceptors (Lipinski definition) is 4. The molecule has 0 fully saturated rings. The van der Waals surface area contributed by atoms with Gasteiger partial charge in [-0.1, -0.05) is 6.07 Å².